The minimum atomic E-state index is -3.63. The number of benzene rings is 1. The molecule has 41 heavy (non-hydrogen) atoms. The van der Waals surface area contributed by atoms with Crippen LogP contribution in [0.3, 0.4) is 0 Å². The molecule has 10 heteroatoms. The molecule has 1 aromatic carbocycles. The first-order chi connectivity index (χ1) is 18.7. The molecule has 0 spiro atoms. The number of anilines is 1. The summed E-state index contributed by atoms with van der Waals surface area (Å²) in [6, 6.07) is 5.89. The van der Waals surface area contributed by atoms with Gasteiger partial charge in [0.1, 0.15) is 11.4 Å². The Labute approximate surface area is 245 Å². The lowest BCUT2D eigenvalue weighted by atomic mass is 9.95. The Morgan fingerprint density at radius 1 is 1.02 bits per heavy atom. The summed E-state index contributed by atoms with van der Waals surface area (Å²) >= 11 is 0. The van der Waals surface area contributed by atoms with Crippen LogP contribution in [0.1, 0.15) is 92.3 Å². The molecule has 0 bridgehead atoms. The Kier molecular flexibility index (Phi) is 11.2. The lowest BCUT2D eigenvalue weighted by molar-refractivity contribution is -0.156. The van der Waals surface area contributed by atoms with Crippen LogP contribution in [0.15, 0.2) is 30.3 Å². The topological polar surface area (TPSA) is 98.7 Å². The Morgan fingerprint density at radius 3 is 2.10 bits per heavy atom. The van der Waals surface area contributed by atoms with Crippen LogP contribution in [0.5, 0.6) is 0 Å². The van der Waals surface area contributed by atoms with Crippen molar-refractivity contribution in [1.29, 1.82) is 0 Å². The number of aromatic nitrogens is 2. The van der Waals surface area contributed by atoms with Crippen LogP contribution < -0.4 is 4.31 Å². The summed E-state index contributed by atoms with van der Waals surface area (Å²) < 4.78 is 51.4. The van der Waals surface area contributed by atoms with Gasteiger partial charge in [-0.3, -0.25) is 4.79 Å². The molecule has 2 unspecified atom stereocenters. The zero-order valence-corrected chi connectivity index (χ0v) is 27.1. The van der Waals surface area contributed by atoms with Crippen molar-refractivity contribution >= 4 is 28.0 Å². The van der Waals surface area contributed by atoms with Gasteiger partial charge in [-0.1, -0.05) is 32.9 Å². The SMILES string of the molecule is CC(CC(=O)OC(C)(C)C)CC(/C=C/c1c(-c2ccc(F)cc2)nc(N(C)S(C)(=O)=O)nc1C(C)C)OC(C)(C)C. The number of esters is 1. The van der Waals surface area contributed by atoms with Crippen LogP contribution in [0.4, 0.5) is 10.3 Å². The smallest absolute Gasteiger partial charge is 0.306 e. The molecule has 1 aromatic heterocycles. The van der Waals surface area contributed by atoms with Gasteiger partial charge >= 0.3 is 5.97 Å². The molecule has 2 atom stereocenters. The second-order valence-corrected chi connectivity index (χ2v) is 14.8. The molecule has 2 rings (SSSR count). The fourth-order valence-electron chi connectivity index (χ4n) is 4.17. The van der Waals surface area contributed by atoms with Crippen molar-refractivity contribution in [1.82, 2.24) is 9.97 Å². The predicted octanol–water partition coefficient (Wildman–Crippen LogP) is 6.76. The van der Waals surface area contributed by atoms with E-state index in [1.54, 1.807) is 12.1 Å². The minimum absolute atomic E-state index is 0.0231. The Balaban J connectivity index is 2.61. The van der Waals surface area contributed by atoms with Crippen molar-refractivity contribution in [2.75, 3.05) is 17.6 Å². The summed E-state index contributed by atoms with van der Waals surface area (Å²) in [6.07, 6.45) is 5.35. The number of ether oxygens (including phenoxy) is 2. The van der Waals surface area contributed by atoms with E-state index in [2.05, 4.69) is 9.97 Å². The first-order valence-electron chi connectivity index (χ1n) is 13.9. The van der Waals surface area contributed by atoms with E-state index in [1.165, 1.54) is 19.2 Å². The Hall–Kier alpha value is -2.85. The van der Waals surface area contributed by atoms with Crippen LogP contribution in [0.25, 0.3) is 17.3 Å². The highest BCUT2D eigenvalue weighted by Crippen LogP contribution is 2.32. The quantitative estimate of drug-likeness (QED) is 0.266. The number of halogens is 1. The summed E-state index contributed by atoms with van der Waals surface area (Å²) in [5, 5.41) is 0. The fourth-order valence-corrected chi connectivity index (χ4v) is 4.55. The average Bonchev–Trinajstić information content (AvgIpc) is 2.79. The van der Waals surface area contributed by atoms with Crippen molar-refractivity contribution < 1.29 is 27.1 Å². The molecule has 0 aliphatic rings. The third-order valence-electron chi connectivity index (χ3n) is 5.96. The van der Waals surface area contributed by atoms with E-state index in [1.807, 2.05) is 74.5 Å². The molecule has 0 saturated heterocycles. The van der Waals surface area contributed by atoms with Crippen molar-refractivity contribution in [2.45, 2.75) is 98.4 Å². The fraction of sp³-hybridized carbons (Fsp3) is 0.581. The van der Waals surface area contributed by atoms with Gasteiger partial charge < -0.3 is 9.47 Å². The number of hydrogen-bond acceptors (Lipinski definition) is 7. The van der Waals surface area contributed by atoms with Crippen molar-refractivity contribution in [3.05, 3.63) is 47.4 Å². The van der Waals surface area contributed by atoms with Crippen LogP contribution >= 0.6 is 0 Å². The second kappa shape index (κ2) is 13.4. The highest BCUT2D eigenvalue weighted by Gasteiger charge is 2.25. The van der Waals surface area contributed by atoms with Gasteiger partial charge in [0.25, 0.3) is 0 Å². The van der Waals surface area contributed by atoms with E-state index in [4.69, 9.17) is 9.47 Å². The standard InChI is InChI=1S/C31H46FN3O5S/c1-20(2)27-25(17-16-24(39-30(4,5)6)18-21(3)19-26(36)40-31(7,8)9)28(22-12-14-23(32)15-13-22)34-29(33-27)35(10)41(11,37)38/h12-17,20-21,24H,18-19H2,1-11H3/b17-16+. The van der Waals surface area contributed by atoms with E-state index in [0.29, 0.717) is 28.9 Å². The number of hydrogen-bond donors (Lipinski definition) is 0. The summed E-state index contributed by atoms with van der Waals surface area (Å²) in [7, 11) is -2.22. The van der Waals surface area contributed by atoms with Crippen molar-refractivity contribution in [3.63, 3.8) is 0 Å². The van der Waals surface area contributed by atoms with Crippen LogP contribution in [0.2, 0.25) is 0 Å². The Bertz CT molecular complexity index is 1330. The molecule has 0 amide bonds. The van der Waals surface area contributed by atoms with E-state index in [0.717, 1.165) is 10.6 Å². The van der Waals surface area contributed by atoms with Gasteiger partial charge in [-0.05, 0) is 84.1 Å². The molecular formula is C31H46FN3O5S. The maximum atomic E-state index is 13.8. The van der Waals surface area contributed by atoms with E-state index < -0.39 is 27.0 Å². The summed E-state index contributed by atoms with van der Waals surface area (Å²) in [5.41, 5.74) is 1.39. The molecule has 0 aliphatic carbocycles. The predicted molar refractivity (Wildman–Crippen MR) is 163 cm³/mol. The third kappa shape index (κ3) is 11.2. The molecule has 0 fully saturated rings. The first-order valence-corrected chi connectivity index (χ1v) is 15.7. The zero-order chi connectivity index (χ0) is 31.3. The summed E-state index contributed by atoms with van der Waals surface area (Å²) in [4.78, 5) is 21.7. The van der Waals surface area contributed by atoms with Gasteiger partial charge in [0, 0.05) is 24.6 Å². The highest BCUT2D eigenvalue weighted by atomic mass is 32.2. The van der Waals surface area contributed by atoms with E-state index in [-0.39, 0.29) is 36.3 Å². The molecule has 0 N–H and O–H groups in total. The van der Waals surface area contributed by atoms with Gasteiger partial charge in [0.2, 0.25) is 16.0 Å². The molecule has 228 valence electrons. The second-order valence-electron chi connectivity index (χ2n) is 12.8. The Morgan fingerprint density at radius 2 is 1.61 bits per heavy atom. The average molecular weight is 592 g/mol. The monoisotopic (exact) mass is 591 g/mol. The van der Waals surface area contributed by atoms with Gasteiger partial charge in [-0.2, -0.15) is 0 Å². The van der Waals surface area contributed by atoms with Crippen LogP contribution in [-0.4, -0.2) is 55.0 Å². The summed E-state index contributed by atoms with van der Waals surface area (Å²) in [5.74, 6) is -0.735. The van der Waals surface area contributed by atoms with Crippen molar-refractivity contribution in [3.8, 4) is 11.3 Å². The van der Waals surface area contributed by atoms with E-state index in [9.17, 15) is 17.6 Å². The van der Waals surface area contributed by atoms with Crippen LogP contribution in [0, 0.1) is 11.7 Å². The van der Waals surface area contributed by atoms with Crippen LogP contribution in [-0.2, 0) is 24.3 Å². The lowest BCUT2D eigenvalue weighted by Gasteiger charge is -2.28. The van der Waals surface area contributed by atoms with Crippen molar-refractivity contribution in [2.24, 2.45) is 5.92 Å². The number of carbonyl (C=O) groups is 1. The normalized spacial score (nSPS) is 14.4. The number of nitrogens with zero attached hydrogens (tertiary/aromatic N) is 3. The molecule has 2 aromatic rings. The number of rotatable bonds is 11. The highest BCUT2D eigenvalue weighted by molar-refractivity contribution is 7.92. The zero-order valence-electron chi connectivity index (χ0n) is 26.3. The van der Waals surface area contributed by atoms with E-state index >= 15 is 0 Å². The lowest BCUT2D eigenvalue weighted by Crippen LogP contribution is -2.29. The third-order valence-corrected chi connectivity index (χ3v) is 7.12. The molecule has 0 aliphatic heterocycles. The van der Waals surface area contributed by atoms with Gasteiger partial charge in [0.15, 0.2) is 0 Å². The number of sulfonamides is 1. The first kappa shape index (κ1) is 34.4. The molecule has 1 heterocycles. The molecule has 8 nitrogen and oxygen atoms in total. The molecule has 0 saturated carbocycles. The maximum absolute atomic E-state index is 13.8. The largest absolute Gasteiger partial charge is 0.460 e. The molecule has 0 radical (unpaired) electrons. The van der Waals surface area contributed by atoms with Gasteiger partial charge in [0.05, 0.1) is 29.3 Å². The maximum Gasteiger partial charge on any atom is 0.306 e. The van der Waals surface area contributed by atoms with Gasteiger partial charge in [-0.15, -0.1) is 0 Å². The number of carbonyl (C=O) groups excluding carboxylic acids is 1. The minimum Gasteiger partial charge on any atom is -0.460 e. The summed E-state index contributed by atoms with van der Waals surface area (Å²) in [6.45, 7) is 17.3. The van der Waals surface area contributed by atoms with Gasteiger partial charge in [-0.25, -0.2) is 27.1 Å². The molecular weight excluding hydrogens is 545 g/mol.